The maximum atomic E-state index is 13.2. The van der Waals surface area contributed by atoms with Crippen LogP contribution in [0, 0.1) is 0 Å². The Balaban J connectivity index is 0.00000128. The van der Waals surface area contributed by atoms with Gasteiger partial charge in [0, 0.05) is 22.9 Å². The van der Waals surface area contributed by atoms with Gasteiger partial charge in [-0.05, 0) is 55.1 Å². The fourth-order valence-corrected chi connectivity index (χ4v) is 4.50. The maximum Gasteiger partial charge on any atom is 0.259 e. The summed E-state index contributed by atoms with van der Waals surface area (Å²) in [6.07, 6.45) is 3.33. The van der Waals surface area contributed by atoms with E-state index in [9.17, 15) is 4.79 Å². The zero-order valence-corrected chi connectivity index (χ0v) is 20.7. The van der Waals surface area contributed by atoms with Crippen LogP contribution in [0.25, 0.3) is 33.1 Å². The normalized spacial score (nSPS) is 11.3. The summed E-state index contributed by atoms with van der Waals surface area (Å²) in [5.74, 6) is 0. The monoisotopic (exact) mass is 506 g/mol. The van der Waals surface area contributed by atoms with E-state index in [4.69, 9.17) is 10.7 Å². The third kappa shape index (κ3) is 5.03. The molecule has 3 N–H and O–H groups in total. The van der Waals surface area contributed by atoms with Crippen molar-refractivity contribution in [1.29, 1.82) is 0 Å². The van der Waals surface area contributed by atoms with Crippen LogP contribution < -0.4 is 16.6 Å². The highest BCUT2D eigenvalue weighted by Crippen LogP contribution is 2.36. The number of nitrogens with one attached hydrogen (secondary N) is 1. The molecule has 0 radical (unpaired) electrons. The van der Waals surface area contributed by atoms with E-state index in [2.05, 4.69) is 29.6 Å². The molecule has 4 aromatic rings. The Labute approximate surface area is 212 Å². The summed E-state index contributed by atoms with van der Waals surface area (Å²) in [6.45, 7) is 3.07. The van der Waals surface area contributed by atoms with Crippen molar-refractivity contribution < 1.29 is 0 Å². The van der Waals surface area contributed by atoms with E-state index in [1.54, 1.807) is 0 Å². The first-order chi connectivity index (χ1) is 14.8. The van der Waals surface area contributed by atoms with Crippen molar-refractivity contribution in [2.75, 3.05) is 13.1 Å². The lowest BCUT2D eigenvalue weighted by atomic mass is 10.00. The molecule has 0 atom stereocenters. The molecule has 5 rings (SSSR count). The topological polar surface area (TPSA) is 72.9 Å². The lowest BCUT2D eigenvalue weighted by molar-refractivity contribution is 0.605. The Morgan fingerprint density at radius 2 is 1.67 bits per heavy atom. The van der Waals surface area contributed by atoms with E-state index < -0.39 is 0 Å². The molecule has 2 aromatic carbocycles. The second-order valence-corrected chi connectivity index (χ2v) is 7.97. The minimum absolute atomic E-state index is 0. The number of nitrogens with zero attached hydrogens (tertiary/aromatic N) is 2. The summed E-state index contributed by atoms with van der Waals surface area (Å²) in [6, 6.07) is 18.2. The number of pyridine rings is 2. The van der Waals surface area contributed by atoms with Crippen molar-refractivity contribution in [1.82, 2.24) is 14.9 Å². The number of hydrogen-bond donors (Lipinski definition) is 2. The quantitative estimate of drug-likeness (QED) is 0.302. The van der Waals surface area contributed by atoms with Crippen molar-refractivity contribution >= 4 is 58.9 Å². The molecule has 5 nitrogen and oxygen atoms in total. The van der Waals surface area contributed by atoms with Crippen LogP contribution in [0.2, 0.25) is 0 Å². The molecule has 0 unspecified atom stereocenters. The van der Waals surface area contributed by atoms with Crippen LogP contribution in [0.5, 0.6) is 0 Å². The molecular formula is C25H29Cl3N4O. The standard InChI is InChI=1S/C25H26N4O.3ClH/c26-12-6-1-7-13-27-15-20-19-10-4-5-11-22(19)28-24-21(20)16-29-23(24)14-17-8-2-3-9-18(17)25(29)30;;;/h2-5,8-11,14,27H,1,6-7,12-13,15-16,26H2;3*1H. The minimum atomic E-state index is 0. The van der Waals surface area contributed by atoms with E-state index in [0.29, 0.717) is 6.54 Å². The lowest BCUT2D eigenvalue weighted by Crippen LogP contribution is -2.20. The van der Waals surface area contributed by atoms with Crippen LogP contribution >= 0.6 is 37.2 Å². The third-order valence-electron chi connectivity index (χ3n) is 6.05. The van der Waals surface area contributed by atoms with Crippen LogP contribution in [-0.2, 0) is 13.1 Å². The van der Waals surface area contributed by atoms with Gasteiger partial charge in [0.25, 0.3) is 5.56 Å². The molecule has 0 amide bonds. The van der Waals surface area contributed by atoms with Gasteiger partial charge in [0.15, 0.2) is 0 Å². The van der Waals surface area contributed by atoms with Crippen LogP contribution in [0.4, 0.5) is 0 Å². The van der Waals surface area contributed by atoms with Gasteiger partial charge in [0.2, 0.25) is 0 Å². The highest BCUT2D eigenvalue weighted by molar-refractivity contribution is 5.91. The van der Waals surface area contributed by atoms with Gasteiger partial charge in [-0.3, -0.25) is 4.79 Å². The molecule has 0 fully saturated rings. The van der Waals surface area contributed by atoms with E-state index in [1.807, 2.05) is 34.9 Å². The molecule has 0 aliphatic carbocycles. The highest BCUT2D eigenvalue weighted by atomic mass is 35.5. The van der Waals surface area contributed by atoms with Crippen LogP contribution in [0.15, 0.2) is 59.4 Å². The van der Waals surface area contributed by atoms with Crippen molar-refractivity contribution in [3.63, 3.8) is 0 Å². The zero-order valence-electron chi connectivity index (χ0n) is 18.3. The van der Waals surface area contributed by atoms with E-state index >= 15 is 0 Å². The largest absolute Gasteiger partial charge is 0.330 e. The molecule has 8 heteroatoms. The molecule has 3 heterocycles. The highest BCUT2D eigenvalue weighted by Gasteiger charge is 2.26. The first-order valence-corrected chi connectivity index (χ1v) is 10.7. The van der Waals surface area contributed by atoms with Gasteiger partial charge in [0.1, 0.15) is 0 Å². The van der Waals surface area contributed by atoms with Crippen molar-refractivity contribution in [2.24, 2.45) is 5.73 Å². The Bertz CT molecular complexity index is 1310. The smallest absolute Gasteiger partial charge is 0.259 e. The minimum Gasteiger partial charge on any atom is -0.330 e. The van der Waals surface area contributed by atoms with Crippen molar-refractivity contribution in [2.45, 2.75) is 32.4 Å². The van der Waals surface area contributed by atoms with Crippen molar-refractivity contribution in [3.8, 4) is 11.4 Å². The van der Waals surface area contributed by atoms with Crippen LogP contribution in [0.1, 0.15) is 30.4 Å². The van der Waals surface area contributed by atoms with Gasteiger partial charge >= 0.3 is 0 Å². The van der Waals surface area contributed by atoms with Gasteiger partial charge in [0.05, 0.1) is 23.4 Å². The molecular weight excluding hydrogens is 479 g/mol. The molecule has 0 saturated carbocycles. The molecule has 33 heavy (non-hydrogen) atoms. The summed E-state index contributed by atoms with van der Waals surface area (Å²) in [4.78, 5) is 18.1. The number of aromatic nitrogens is 2. The summed E-state index contributed by atoms with van der Waals surface area (Å²) in [7, 11) is 0. The molecule has 2 aromatic heterocycles. The van der Waals surface area contributed by atoms with E-state index in [0.717, 1.165) is 77.5 Å². The Morgan fingerprint density at radius 3 is 2.45 bits per heavy atom. The van der Waals surface area contributed by atoms with Gasteiger partial charge in [-0.15, -0.1) is 37.2 Å². The lowest BCUT2D eigenvalue weighted by Gasteiger charge is -2.13. The fourth-order valence-electron chi connectivity index (χ4n) is 4.50. The maximum absolute atomic E-state index is 13.2. The van der Waals surface area contributed by atoms with Crippen LogP contribution in [-0.4, -0.2) is 22.6 Å². The Hall–Kier alpha value is -2.15. The molecule has 0 spiro atoms. The first kappa shape index (κ1) is 27.1. The fraction of sp³-hybridized carbons (Fsp3) is 0.280. The first-order valence-electron chi connectivity index (χ1n) is 10.7. The number of fused-ring (bicyclic) bond motifs is 5. The van der Waals surface area contributed by atoms with Gasteiger partial charge in [-0.1, -0.05) is 42.8 Å². The number of unbranched alkanes of at least 4 members (excludes halogenated alkanes) is 2. The Kier molecular flexibility index (Phi) is 9.70. The van der Waals surface area contributed by atoms with Crippen LogP contribution in [0.3, 0.4) is 0 Å². The number of rotatable bonds is 7. The molecule has 1 aliphatic heterocycles. The SMILES string of the molecule is Cl.Cl.Cl.NCCCCCNCc1c2c(nc3ccccc13)-c1cc3ccccc3c(=O)n1C2. The molecule has 1 aliphatic rings. The van der Waals surface area contributed by atoms with Gasteiger partial charge in [-0.2, -0.15) is 0 Å². The number of benzene rings is 2. The average Bonchev–Trinajstić information content (AvgIpc) is 3.14. The molecule has 176 valence electrons. The van der Waals surface area contributed by atoms with Gasteiger partial charge < -0.3 is 15.6 Å². The third-order valence-corrected chi connectivity index (χ3v) is 6.05. The number of para-hydroxylation sites is 1. The predicted octanol–water partition coefficient (Wildman–Crippen LogP) is 5.06. The van der Waals surface area contributed by atoms with Crippen molar-refractivity contribution in [3.05, 3.63) is 76.1 Å². The summed E-state index contributed by atoms with van der Waals surface area (Å²) >= 11 is 0. The van der Waals surface area contributed by atoms with Gasteiger partial charge in [-0.25, -0.2) is 4.98 Å². The summed E-state index contributed by atoms with van der Waals surface area (Å²) < 4.78 is 1.88. The summed E-state index contributed by atoms with van der Waals surface area (Å²) in [5.41, 5.74) is 10.9. The average molecular weight is 508 g/mol. The second kappa shape index (κ2) is 11.8. The molecule has 0 bridgehead atoms. The number of halogens is 3. The van der Waals surface area contributed by atoms with E-state index in [1.165, 1.54) is 5.56 Å². The van der Waals surface area contributed by atoms with E-state index in [-0.39, 0.29) is 42.8 Å². The number of nitrogens with two attached hydrogens (primary N) is 1. The zero-order chi connectivity index (χ0) is 20.5. The molecule has 0 saturated heterocycles. The predicted molar refractivity (Wildman–Crippen MR) is 144 cm³/mol. The summed E-state index contributed by atoms with van der Waals surface area (Å²) in [5, 5.41) is 6.49. The second-order valence-electron chi connectivity index (χ2n) is 7.97. The number of hydrogen-bond acceptors (Lipinski definition) is 4. The Morgan fingerprint density at radius 1 is 0.939 bits per heavy atom.